The molecular weight excluding hydrogens is 426 g/mol. The number of hydrogen-bond acceptors (Lipinski definition) is 5. The number of benzene rings is 3. The van der Waals surface area contributed by atoms with E-state index in [2.05, 4.69) is 55.3 Å². The van der Waals surface area contributed by atoms with Crippen molar-refractivity contribution in [1.82, 2.24) is 25.0 Å². The molecule has 7 nitrogen and oxygen atoms in total. The van der Waals surface area contributed by atoms with Gasteiger partial charge in [0.05, 0.1) is 20.1 Å². The number of amides is 1. The largest absolute Gasteiger partial charge is 0.496 e. The van der Waals surface area contributed by atoms with E-state index in [9.17, 15) is 4.79 Å². The highest BCUT2D eigenvalue weighted by Gasteiger charge is 2.20. The van der Waals surface area contributed by atoms with Crippen LogP contribution in [0.15, 0.2) is 66.7 Å². The van der Waals surface area contributed by atoms with E-state index in [0.717, 1.165) is 60.9 Å². The van der Waals surface area contributed by atoms with Crippen molar-refractivity contribution >= 4 is 16.7 Å². The van der Waals surface area contributed by atoms with Gasteiger partial charge in [-0.25, -0.2) is 0 Å². The number of nitrogens with zero attached hydrogens (tertiary/aromatic N) is 4. The lowest BCUT2D eigenvalue weighted by Crippen LogP contribution is -2.28. The van der Waals surface area contributed by atoms with Gasteiger partial charge in [0.15, 0.2) is 5.82 Å². The predicted octanol–water partition coefficient (Wildman–Crippen LogP) is 3.36. The van der Waals surface area contributed by atoms with Gasteiger partial charge >= 0.3 is 0 Å². The van der Waals surface area contributed by atoms with Gasteiger partial charge < -0.3 is 14.6 Å². The van der Waals surface area contributed by atoms with Gasteiger partial charge in [-0.1, -0.05) is 60.7 Å². The smallest absolute Gasteiger partial charge is 0.224 e. The second-order valence-electron chi connectivity index (χ2n) is 8.62. The highest BCUT2D eigenvalue weighted by Crippen LogP contribution is 2.29. The Kier molecular flexibility index (Phi) is 6.53. The van der Waals surface area contributed by atoms with Crippen LogP contribution in [0.25, 0.3) is 10.8 Å². The first-order valence-corrected chi connectivity index (χ1v) is 11.7. The van der Waals surface area contributed by atoms with Crippen molar-refractivity contribution in [3.05, 3.63) is 89.5 Å². The Hall–Kier alpha value is -3.71. The van der Waals surface area contributed by atoms with E-state index in [0.29, 0.717) is 13.0 Å². The highest BCUT2D eigenvalue weighted by molar-refractivity contribution is 5.91. The Morgan fingerprint density at radius 3 is 2.56 bits per heavy atom. The summed E-state index contributed by atoms with van der Waals surface area (Å²) in [5, 5.41) is 14.1. The molecule has 1 aromatic heterocycles. The molecule has 0 bridgehead atoms. The van der Waals surface area contributed by atoms with Crippen molar-refractivity contribution in [2.75, 3.05) is 20.2 Å². The molecule has 0 unspecified atom stereocenters. The van der Waals surface area contributed by atoms with Gasteiger partial charge in [-0.2, -0.15) is 0 Å². The number of nitrogens with one attached hydrogen (secondary N) is 1. The van der Waals surface area contributed by atoms with Crippen LogP contribution in [0.5, 0.6) is 5.75 Å². The first-order valence-electron chi connectivity index (χ1n) is 11.7. The zero-order valence-corrected chi connectivity index (χ0v) is 19.4. The molecule has 1 aliphatic heterocycles. The van der Waals surface area contributed by atoms with Crippen molar-refractivity contribution in [2.45, 2.75) is 32.5 Å². The van der Waals surface area contributed by atoms with Crippen LogP contribution in [-0.4, -0.2) is 45.8 Å². The minimum absolute atomic E-state index is 0.00909. The van der Waals surface area contributed by atoms with Gasteiger partial charge in [-0.15, -0.1) is 10.2 Å². The van der Waals surface area contributed by atoms with Crippen LogP contribution in [0.2, 0.25) is 0 Å². The van der Waals surface area contributed by atoms with E-state index in [4.69, 9.17) is 4.74 Å². The number of ether oxygens (including phenoxy) is 1. The average molecular weight is 456 g/mol. The molecular formula is C27H29N5O2. The van der Waals surface area contributed by atoms with Crippen LogP contribution in [0, 0.1) is 0 Å². The molecule has 4 aromatic rings. The molecule has 5 rings (SSSR count). The summed E-state index contributed by atoms with van der Waals surface area (Å²) < 4.78 is 7.71. The summed E-state index contributed by atoms with van der Waals surface area (Å²) in [5.74, 6) is 2.69. The molecule has 0 saturated carbocycles. The molecule has 1 aliphatic rings. The molecule has 0 spiro atoms. The van der Waals surface area contributed by atoms with Crippen LogP contribution in [-0.2, 0) is 37.3 Å². The van der Waals surface area contributed by atoms with Crippen LogP contribution < -0.4 is 10.1 Å². The van der Waals surface area contributed by atoms with Gasteiger partial charge in [-0.05, 0) is 22.6 Å². The maximum atomic E-state index is 12.4. The minimum atomic E-state index is -0.00909. The van der Waals surface area contributed by atoms with Crippen molar-refractivity contribution < 1.29 is 9.53 Å². The van der Waals surface area contributed by atoms with E-state index in [1.165, 1.54) is 10.9 Å². The monoisotopic (exact) mass is 455 g/mol. The highest BCUT2D eigenvalue weighted by atomic mass is 16.5. The summed E-state index contributed by atoms with van der Waals surface area (Å²) >= 11 is 0. The fourth-order valence-corrected chi connectivity index (χ4v) is 4.63. The van der Waals surface area contributed by atoms with Crippen molar-refractivity contribution in [3.63, 3.8) is 0 Å². The summed E-state index contributed by atoms with van der Waals surface area (Å²) in [4.78, 5) is 14.8. The zero-order chi connectivity index (χ0) is 23.3. The van der Waals surface area contributed by atoms with Crippen LogP contribution >= 0.6 is 0 Å². The molecule has 1 N–H and O–H groups in total. The number of fused-ring (bicyclic) bond motifs is 2. The minimum Gasteiger partial charge on any atom is -0.496 e. The molecule has 1 amide bonds. The summed E-state index contributed by atoms with van der Waals surface area (Å²) in [6.07, 6.45) is 1.20. The van der Waals surface area contributed by atoms with Gasteiger partial charge in [0.25, 0.3) is 0 Å². The lowest BCUT2D eigenvalue weighted by molar-refractivity contribution is -0.120. The SMILES string of the molecule is COc1ccc(CN2CCc3nnc(CNC(=O)Cc4ccccc4)n3CC2)c2ccccc12. The second-order valence-corrected chi connectivity index (χ2v) is 8.62. The molecule has 0 saturated heterocycles. The molecule has 34 heavy (non-hydrogen) atoms. The van der Waals surface area contributed by atoms with E-state index in [-0.39, 0.29) is 5.91 Å². The molecule has 0 radical (unpaired) electrons. The van der Waals surface area contributed by atoms with E-state index < -0.39 is 0 Å². The topological polar surface area (TPSA) is 72.3 Å². The number of aromatic nitrogens is 3. The molecule has 0 atom stereocenters. The number of carbonyl (C=O) groups excluding carboxylic acids is 1. The van der Waals surface area contributed by atoms with Gasteiger partial charge in [0.1, 0.15) is 11.6 Å². The summed E-state index contributed by atoms with van der Waals surface area (Å²) in [6.45, 7) is 3.88. The average Bonchev–Trinajstić information content (AvgIpc) is 3.15. The van der Waals surface area contributed by atoms with Gasteiger partial charge in [0.2, 0.25) is 5.91 Å². The van der Waals surface area contributed by atoms with Crippen LogP contribution in [0.3, 0.4) is 0 Å². The van der Waals surface area contributed by atoms with Crippen LogP contribution in [0.1, 0.15) is 22.8 Å². The van der Waals surface area contributed by atoms with E-state index >= 15 is 0 Å². The Morgan fingerprint density at radius 2 is 1.74 bits per heavy atom. The number of hydrogen-bond donors (Lipinski definition) is 1. The first-order chi connectivity index (χ1) is 16.7. The zero-order valence-electron chi connectivity index (χ0n) is 19.4. The quantitative estimate of drug-likeness (QED) is 0.463. The molecule has 0 aliphatic carbocycles. The normalized spacial score (nSPS) is 13.9. The second kappa shape index (κ2) is 10.1. The Bertz CT molecular complexity index is 1280. The van der Waals surface area contributed by atoms with Crippen LogP contribution in [0.4, 0.5) is 0 Å². The summed E-state index contributed by atoms with van der Waals surface area (Å²) in [6, 6.07) is 22.4. The van der Waals surface area contributed by atoms with Crippen molar-refractivity contribution in [1.29, 1.82) is 0 Å². The van der Waals surface area contributed by atoms with Crippen molar-refractivity contribution in [3.8, 4) is 5.75 Å². The third-order valence-corrected chi connectivity index (χ3v) is 6.43. The maximum absolute atomic E-state index is 12.4. The summed E-state index contributed by atoms with van der Waals surface area (Å²) in [7, 11) is 1.72. The number of methoxy groups -OCH3 is 1. The lowest BCUT2D eigenvalue weighted by Gasteiger charge is -2.21. The Labute approximate surface area is 199 Å². The predicted molar refractivity (Wildman–Crippen MR) is 131 cm³/mol. The number of rotatable bonds is 7. The molecule has 3 aromatic carbocycles. The third kappa shape index (κ3) is 4.79. The Balaban J connectivity index is 1.22. The van der Waals surface area contributed by atoms with E-state index in [1.807, 2.05) is 36.4 Å². The molecule has 2 heterocycles. The molecule has 0 fully saturated rings. The Morgan fingerprint density at radius 1 is 0.941 bits per heavy atom. The standard InChI is InChI=1S/C27H29N5O2/c1-34-24-12-11-21(22-9-5-6-10-23(22)24)19-31-14-13-25-29-30-26(32(25)16-15-31)18-28-27(33)17-20-7-3-2-4-8-20/h2-12H,13-19H2,1H3,(H,28,33). The molecule has 7 heteroatoms. The van der Waals surface area contributed by atoms with Crippen molar-refractivity contribution in [2.24, 2.45) is 0 Å². The molecule has 174 valence electrons. The lowest BCUT2D eigenvalue weighted by atomic mass is 10.0. The first kappa shape index (κ1) is 22.1. The van der Waals surface area contributed by atoms with Gasteiger partial charge in [0, 0.05) is 38.0 Å². The number of carbonyl (C=O) groups is 1. The maximum Gasteiger partial charge on any atom is 0.224 e. The third-order valence-electron chi connectivity index (χ3n) is 6.43. The summed E-state index contributed by atoms with van der Waals surface area (Å²) in [5.41, 5.74) is 2.30. The fourth-order valence-electron chi connectivity index (χ4n) is 4.63. The van der Waals surface area contributed by atoms with E-state index in [1.54, 1.807) is 7.11 Å². The van der Waals surface area contributed by atoms with Gasteiger partial charge in [-0.3, -0.25) is 9.69 Å². The fraction of sp³-hybridized carbons (Fsp3) is 0.296.